The van der Waals surface area contributed by atoms with Crippen LogP contribution < -0.4 is 5.32 Å². The van der Waals surface area contributed by atoms with Crippen molar-refractivity contribution in [2.75, 3.05) is 19.7 Å². The number of fused-ring (bicyclic) bond motifs is 1. The highest BCUT2D eigenvalue weighted by Gasteiger charge is 2.45. The Kier molecular flexibility index (Phi) is 5.27. The van der Waals surface area contributed by atoms with Gasteiger partial charge in [0.1, 0.15) is 0 Å². The van der Waals surface area contributed by atoms with E-state index in [1.54, 1.807) is 0 Å². The van der Waals surface area contributed by atoms with Crippen LogP contribution in [0.15, 0.2) is 48.8 Å². The van der Waals surface area contributed by atoms with Gasteiger partial charge in [-0.3, -0.25) is 4.68 Å². The number of amides is 2. The van der Waals surface area contributed by atoms with Crippen LogP contribution in [0.1, 0.15) is 37.3 Å². The summed E-state index contributed by atoms with van der Waals surface area (Å²) in [6.07, 6.45) is 8.76. The Morgan fingerprint density at radius 2 is 1.90 bits per heavy atom. The third-order valence-electron chi connectivity index (χ3n) is 6.77. The Balaban J connectivity index is 1.21. The molecule has 1 aromatic carbocycles. The van der Waals surface area contributed by atoms with Gasteiger partial charge in [-0.25, -0.2) is 4.79 Å². The maximum atomic E-state index is 12.7. The Morgan fingerprint density at radius 1 is 1.10 bits per heavy atom. The SMILES string of the molecule is O=C(NCc1ccccc1)N1C[C@H]2C[C@H](OCC3CC3)[C@@H](n3cccn3)C[C@H]2C1. The number of ether oxygens (including phenoxy) is 1. The summed E-state index contributed by atoms with van der Waals surface area (Å²) in [4.78, 5) is 14.7. The normalized spacial score (nSPS) is 28.9. The molecule has 0 radical (unpaired) electrons. The predicted molar refractivity (Wildman–Crippen MR) is 110 cm³/mol. The highest BCUT2D eigenvalue weighted by Crippen LogP contribution is 2.43. The lowest BCUT2D eigenvalue weighted by Gasteiger charge is -2.37. The molecule has 3 aliphatic rings. The lowest BCUT2D eigenvalue weighted by atomic mass is 9.77. The lowest BCUT2D eigenvalue weighted by molar-refractivity contribution is -0.0371. The summed E-state index contributed by atoms with van der Waals surface area (Å²) in [7, 11) is 0. The number of nitrogens with zero attached hydrogens (tertiary/aromatic N) is 3. The van der Waals surface area contributed by atoms with Crippen LogP contribution in [-0.2, 0) is 11.3 Å². The van der Waals surface area contributed by atoms with Crippen LogP contribution in [0.3, 0.4) is 0 Å². The van der Waals surface area contributed by atoms with Crippen LogP contribution in [0, 0.1) is 17.8 Å². The molecule has 0 spiro atoms. The van der Waals surface area contributed by atoms with E-state index in [-0.39, 0.29) is 18.2 Å². The molecule has 6 heteroatoms. The fourth-order valence-corrected chi connectivity index (χ4v) is 4.92. The highest BCUT2D eigenvalue weighted by atomic mass is 16.5. The first-order valence-corrected chi connectivity index (χ1v) is 10.9. The van der Waals surface area contributed by atoms with Crippen molar-refractivity contribution in [2.45, 2.75) is 44.4 Å². The fourth-order valence-electron chi connectivity index (χ4n) is 4.92. The number of urea groups is 1. The van der Waals surface area contributed by atoms with Crippen molar-refractivity contribution in [3.8, 4) is 0 Å². The molecule has 0 bridgehead atoms. The molecule has 6 nitrogen and oxygen atoms in total. The van der Waals surface area contributed by atoms with E-state index in [0.29, 0.717) is 18.4 Å². The van der Waals surface area contributed by atoms with Gasteiger partial charge in [-0.05, 0) is 55.1 Å². The van der Waals surface area contributed by atoms with Gasteiger partial charge >= 0.3 is 6.03 Å². The largest absolute Gasteiger partial charge is 0.376 e. The predicted octanol–water partition coefficient (Wildman–Crippen LogP) is 3.47. The van der Waals surface area contributed by atoms with Crippen molar-refractivity contribution in [1.82, 2.24) is 20.0 Å². The van der Waals surface area contributed by atoms with Gasteiger partial charge in [0.05, 0.1) is 12.1 Å². The fraction of sp³-hybridized carbons (Fsp3) is 0.565. The first-order chi connectivity index (χ1) is 14.3. The number of hydrogen-bond acceptors (Lipinski definition) is 3. The summed E-state index contributed by atoms with van der Waals surface area (Å²) in [5.74, 6) is 1.80. The first kappa shape index (κ1) is 18.7. The highest BCUT2D eigenvalue weighted by molar-refractivity contribution is 5.74. The molecule has 2 amide bonds. The molecule has 2 saturated carbocycles. The minimum Gasteiger partial charge on any atom is -0.376 e. The third kappa shape index (κ3) is 4.32. The van der Waals surface area contributed by atoms with Crippen LogP contribution in [-0.4, -0.2) is 46.5 Å². The van der Waals surface area contributed by atoms with E-state index in [9.17, 15) is 4.79 Å². The molecule has 2 aliphatic carbocycles. The molecule has 29 heavy (non-hydrogen) atoms. The molecule has 1 N–H and O–H groups in total. The number of carbonyl (C=O) groups excluding carboxylic acids is 1. The third-order valence-corrected chi connectivity index (χ3v) is 6.77. The number of carbonyl (C=O) groups is 1. The van der Waals surface area contributed by atoms with E-state index in [1.165, 1.54) is 12.8 Å². The van der Waals surface area contributed by atoms with Gasteiger partial charge in [0, 0.05) is 38.6 Å². The Bertz CT molecular complexity index is 806. The average Bonchev–Trinajstić information content (AvgIpc) is 3.24. The summed E-state index contributed by atoms with van der Waals surface area (Å²) >= 11 is 0. The number of benzene rings is 1. The molecule has 154 valence electrons. The van der Waals surface area contributed by atoms with Gasteiger partial charge < -0.3 is 15.0 Å². The van der Waals surface area contributed by atoms with Crippen LogP contribution >= 0.6 is 0 Å². The van der Waals surface area contributed by atoms with E-state index in [1.807, 2.05) is 47.5 Å². The molecule has 4 atom stereocenters. The van der Waals surface area contributed by atoms with Crippen molar-refractivity contribution in [2.24, 2.45) is 17.8 Å². The zero-order chi connectivity index (χ0) is 19.6. The molecule has 3 fully saturated rings. The second kappa shape index (κ2) is 8.19. The topological polar surface area (TPSA) is 59.4 Å². The van der Waals surface area contributed by atoms with Gasteiger partial charge in [-0.15, -0.1) is 0 Å². The minimum atomic E-state index is 0.0503. The molecule has 0 unspecified atom stereocenters. The van der Waals surface area contributed by atoms with Gasteiger partial charge in [-0.1, -0.05) is 30.3 Å². The first-order valence-electron chi connectivity index (χ1n) is 10.9. The summed E-state index contributed by atoms with van der Waals surface area (Å²) in [5.41, 5.74) is 1.13. The van der Waals surface area contributed by atoms with Crippen LogP contribution in [0.2, 0.25) is 0 Å². The van der Waals surface area contributed by atoms with E-state index in [0.717, 1.165) is 44.0 Å². The van der Waals surface area contributed by atoms with Crippen LogP contribution in [0.4, 0.5) is 4.79 Å². The molecule has 1 aliphatic heterocycles. The number of hydrogen-bond donors (Lipinski definition) is 1. The quantitative estimate of drug-likeness (QED) is 0.816. The summed E-state index contributed by atoms with van der Waals surface area (Å²) in [6.45, 7) is 3.12. The van der Waals surface area contributed by atoms with Crippen LogP contribution in [0.5, 0.6) is 0 Å². The van der Waals surface area contributed by atoms with Crippen molar-refractivity contribution in [3.63, 3.8) is 0 Å². The zero-order valence-electron chi connectivity index (χ0n) is 16.8. The standard InChI is InChI=1S/C23H30N4O2/c28-23(24-13-17-5-2-1-3-6-17)26-14-19-11-21(27-10-4-9-25-27)22(12-20(19)15-26)29-16-18-7-8-18/h1-6,9-10,18-22H,7-8,11-16H2,(H,24,28)/t19-,20+,21-,22-/m0/s1. The molecule has 1 saturated heterocycles. The Labute approximate surface area is 172 Å². The second-order valence-corrected chi connectivity index (χ2v) is 8.91. The monoisotopic (exact) mass is 394 g/mol. The van der Waals surface area contributed by atoms with Gasteiger partial charge in [0.15, 0.2) is 0 Å². The summed E-state index contributed by atoms with van der Waals surface area (Å²) in [6, 6.07) is 12.4. The van der Waals surface area contributed by atoms with Crippen molar-refractivity contribution in [1.29, 1.82) is 0 Å². The molecule has 2 heterocycles. The number of nitrogens with one attached hydrogen (secondary N) is 1. The maximum Gasteiger partial charge on any atom is 0.317 e. The zero-order valence-corrected chi connectivity index (χ0v) is 16.8. The van der Waals surface area contributed by atoms with Crippen molar-refractivity contribution in [3.05, 3.63) is 54.4 Å². The molecule has 2 aromatic rings. The van der Waals surface area contributed by atoms with Gasteiger partial charge in [0.2, 0.25) is 0 Å². The average molecular weight is 395 g/mol. The second-order valence-electron chi connectivity index (χ2n) is 8.91. The molecular weight excluding hydrogens is 364 g/mol. The van der Waals surface area contributed by atoms with Gasteiger partial charge in [0.25, 0.3) is 0 Å². The Morgan fingerprint density at radius 3 is 2.62 bits per heavy atom. The number of aromatic nitrogens is 2. The summed E-state index contributed by atoms with van der Waals surface area (Å²) in [5, 5.41) is 7.60. The van der Waals surface area contributed by atoms with Crippen molar-refractivity contribution < 1.29 is 9.53 Å². The molecule has 5 rings (SSSR count). The minimum absolute atomic E-state index is 0.0503. The van der Waals surface area contributed by atoms with E-state index in [2.05, 4.69) is 21.3 Å². The molecule has 1 aromatic heterocycles. The van der Waals surface area contributed by atoms with E-state index in [4.69, 9.17) is 4.74 Å². The maximum absolute atomic E-state index is 12.7. The number of rotatable bonds is 6. The Hall–Kier alpha value is -2.34. The smallest absolute Gasteiger partial charge is 0.317 e. The number of likely N-dealkylation sites (tertiary alicyclic amines) is 1. The van der Waals surface area contributed by atoms with E-state index >= 15 is 0 Å². The van der Waals surface area contributed by atoms with Crippen molar-refractivity contribution >= 4 is 6.03 Å². The lowest BCUT2D eigenvalue weighted by Crippen LogP contribution is -2.38. The van der Waals surface area contributed by atoms with Crippen LogP contribution in [0.25, 0.3) is 0 Å². The summed E-state index contributed by atoms with van der Waals surface area (Å²) < 4.78 is 8.45. The van der Waals surface area contributed by atoms with Gasteiger partial charge in [-0.2, -0.15) is 5.10 Å². The van der Waals surface area contributed by atoms with E-state index < -0.39 is 0 Å². The molecular formula is C23H30N4O2.